The summed E-state index contributed by atoms with van der Waals surface area (Å²) in [6.07, 6.45) is 24.6. The molecule has 1 aliphatic rings. The molecule has 0 N–H and O–H groups in total. The molecule has 0 bridgehead atoms. The van der Waals surface area contributed by atoms with Crippen molar-refractivity contribution in [2.75, 3.05) is 0 Å². The summed E-state index contributed by atoms with van der Waals surface area (Å²) in [5.74, 6) is 0.871. The summed E-state index contributed by atoms with van der Waals surface area (Å²) in [5, 5.41) is 0. The second-order valence-corrected chi connectivity index (χ2v) is 8.01. The first kappa shape index (κ1) is 22.3. The fraction of sp³-hybridized carbons (Fsp3) is 0.464. The fourth-order valence-electron chi connectivity index (χ4n) is 4.16. The van der Waals surface area contributed by atoms with Gasteiger partial charge in [0.2, 0.25) is 0 Å². The molecule has 0 aromatic heterocycles. The molecule has 0 heterocycles. The second-order valence-electron chi connectivity index (χ2n) is 8.01. The standard InChI is InChI=1S/C28H39/c1-5-12-27-20-19-24(8-4)21-28(27)22-26-16-11-15-25(17-18-26)14-10-9-13-23(6-2)7-3/h5-6,9,12-13,16,19-21,25H,1,7-8,10-11,14-15,17-18,22H2,2-4H3/q+1/b13-9-,23-6-. The smallest absolute Gasteiger partial charge is 0.0845 e. The maximum atomic E-state index is 3.89. The molecule has 0 saturated carbocycles. The van der Waals surface area contributed by atoms with Crippen LogP contribution < -0.4 is 0 Å². The second kappa shape index (κ2) is 12.5. The molecule has 0 heteroatoms. The summed E-state index contributed by atoms with van der Waals surface area (Å²) in [4.78, 5) is 0. The third-order valence-corrected chi connectivity index (χ3v) is 6.06. The van der Waals surface area contributed by atoms with E-state index in [1.54, 1.807) is 5.57 Å². The van der Waals surface area contributed by atoms with Gasteiger partial charge in [0.05, 0.1) is 5.56 Å². The first-order chi connectivity index (χ1) is 13.7. The highest BCUT2D eigenvalue weighted by atomic mass is 14.2. The maximum absolute atomic E-state index is 3.89. The first-order valence-electron chi connectivity index (χ1n) is 11.3. The quantitative estimate of drug-likeness (QED) is 0.219. The van der Waals surface area contributed by atoms with E-state index in [1.807, 2.05) is 6.08 Å². The van der Waals surface area contributed by atoms with E-state index >= 15 is 0 Å². The average molecular weight is 376 g/mol. The predicted octanol–water partition coefficient (Wildman–Crippen LogP) is 8.34. The molecule has 2 rings (SSSR count). The van der Waals surface area contributed by atoms with Crippen molar-refractivity contribution in [1.29, 1.82) is 0 Å². The molecule has 0 fully saturated rings. The first-order valence-corrected chi connectivity index (χ1v) is 11.3. The zero-order chi connectivity index (χ0) is 20.2. The Morgan fingerprint density at radius 3 is 2.82 bits per heavy atom. The SMILES string of the molecule is C=C[CH+]c1ccc(CC)cc1CC1=CCCC(CC/C=C\C(=C/C)CC)CC1. The van der Waals surface area contributed by atoms with E-state index in [1.165, 1.54) is 60.8 Å². The molecule has 0 aliphatic heterocycles. The highest BCUT2D eigenvalue weighted by molar-refractivity contribution is 5.41. The molecular formula is C28H39+. The summed E-state index contributed by atoms with van der Waals surface area (Å²) in [5.41, 5.74) is 7.31. The van der Waals surface area contributed by atoms with Crippen molar-refractivity contribution in [1.82, 2.24) is 0 Å². The number of hydrogen-bond acceptors (Lipinski definition) is 0. The van der Waals surface area contributed by atoms with Crippen molar-refractivity contribution in [3.8, 4) is 0 Å². The van der Waals surface area contributed by atoms with Gasteiger partial charge in [-0.05, 0) is 88.5 Å². The Morgan fingerprint density at radius 2 is 2.11 bits per heavy atom. The lowest BCUT2D eigenvalue weighted by Crippen LogP contribution is -2.00. The van der Waals surface area contributed by atoms with Crippen molar-refractivity contribution >= 4 is 0 Å². The van der Waals surface area contributed by atoms with Crippen LogP contribution in [0.4, 0.5) is 0 Å². The number of benzene rings is 1. The molecule has 0 amide bonds. The predicted molar refractivity (Wildman–Crippen MR) is 126 cm³/mol. The topological polar surface area (TPSA) is 0 Å². The van der Waals surface area contributed by atoms with Gasteiger partial charge in [-0.1, -0.05) is 49.3 Å². The highest BCUT2D eigenvalue weighted by Gasteiger charge is 2.16. The van der Waals surface area contributed by atoms with Crippen LogP contribution in [0, 0.1) is 12.3 Å². The highest BCUT2D eigenvalue weighted by Crippen LogP contribution is 2.29. The molecule has 0 radical (unpaired) electrons. The lowest BCUT2D eigenvalue weighted by molar-refractivity contribution is 0.435. The zero-order valence-corrected chi connectivity index (χ0v) is 18.3. The minimum absolute atomic E-state index is 0.871. The van der Waals surface area contributed by atoms with Gasteiger partial charge in [-0.2, -0.15) is 0 Å². The van der Waals surface area contributed by atoms with Crippen LogP contribution in [0.15, 0.2) is 66.3 Å². The Kier molecular flexibility index (Phi) is 9.97. The van der Waals surface area contributed by atoms with Crippen LogP contribution in [0.1, 0.15) is 82.4 Å². The lowest BCUT2D eigenvalue weighted by Gasteiger charge is -2.13. The van der Waals surface area contributed by atoms with Crippen molar-refractivity contribution in [3.05, 3.63) is 89.4 Å². The van der Waals surface area contributed by atoms with Crippen LogP contribution >= 0.6 is 0 Å². The Morgan fingerprint density at radius 1 is 1.25 bits per heavy atom. The van der Waals surface area contributed by atoms with Gasteiger partial charge in [0.1, 0.15) is 0 Å². The number of allylic oxidation sites excluding steroid dienone is 7. The molecule has 1 aliphatic carbocycles. The van der Waals surface area contributed by atoms with Crippen LogP contribution in [-0.2, 0) is 12.8 Å². The van der Waals surface area contributed by atoms with Gasteiger partial charge in [0.25, 0.3) is 0 Å². The molecule has 1 atom stereocenters. The monoisotopic (exact) mass is 375 g/mol. The molecule has 0 spiro atoms. The van der Waals surface area contributed by atoms with E-state index in [9.17, 15) is 0 Å². The molecule has 1 unspecified atom stereocenters. The van der Waals surface area contributed by atoms with Gasteiger partial charge in [-0.3, -0.25) is 0 Å². The Labute approximate surface area is 174 Å². The summed E-state index contributed by atoms with van der Waals surface area (Å²) < 4.78 is 0. The number of aryl methyl sites for hydroxylation is 1. The maximum Gasteiger partial charge on any atom is 0.0985 e. The van der Waals surface area contributed by atoms with Gasteiger partial charge < -0.3 is 0 Å². The van der Waals surface area contributed by atoms with E-state index in [2.05, 4.69) is 76.3 Å². The van der Waals surface area contributed by atoms with Gasteiger partial charge in [-0.25, -0.2) is 0 Å². The molecular weight excluding hydrogens is 336 g/mol. The minimum atomic E-state index is 0.871. The van der Waals surface area contributed by atoms with Crippen molar-refractivity contribution in [3.63, 3.8) is 0 Å². The van der Waals surface area contributed by atoms with Gasteiger partial charge in [-0.15, -0.1) is 0 Å². The zero-order valence-electron chi connectivity index (χ0n) is 18.3. The van der Waals surface area contributed by atoms with Crippen LogP contribution in [0.5, 0.6) is 0 Å². The summed E-state index contributed by atoms with van der Waals surface area (Å²) in [6.45, 7) is 10.5. The molecule has 28 heavy (non-hydrogen) atoms. The normalized spacial score (nSPS) is 18.0. The van der Waals surface area contributed by atoms with Crippen molar-refractivity contribution in [2.45, 2.75) is 78.6 Å². The number of rotatable bonds is 10. The Hall–Kier alpha value is -1.95. The van der Waals surface area contributed by atoms with Crippen molar-refractivity contribution in [2.24, 2.45) is 5.92 Å². The van der Waals surface area contributed by atoms with Crippen LogP contribution in [0.3, 0.4) is 0 Å². The third-order valence-electron chi connectivity index (χ3n) is 6.06. The van der Waals surface area contributed by atoms with Crippen LogP contribution in [0.2, 0.25) is 0 Å². The Bertz CT molecular complexity index is 699. The molecule has 0 saturated heterocycles. The summed E-state index contributed by atoms with van der Waals surface area (Å²) in [7, 11) is 0. The third kappa shape index (κ3) is 7.23. The fourth-order valence-corrected chi connectivity index (χ4v) is 4.16. The van der Waals surface area contributed by atoms with Crippen LogP contribution in [-0.4, -0.2) is 0 Å². The summed E-state index contributed by atoms with van der Waals surface area (Å²) >= 11 is 0. The number of hydrogen-bond donors (Lipinski definition) is 0. The van der Waals surface area contributed by atoms with Gasteiger partial charge >= 0.3 is 0 Å². The Balaban J connectivity index is 1.90. The van der Waals surface area contributed by atoms with E-state index in [0.717, 1.165) is 25.2 Å². The van der Waals surface area contributed by atoms with Gasteiger partial charge in [0, 0.05) is 30.5 Å². The van der Waals surface area contributed by atoms with E-state index < -0.39 is 0 Å². The average Bonchev–Trinajstić information content (AvgIpc) is 2.94. The molecule has 150 valence electrons. The minimum Gasteiger partial charge on any atom is -0.0845 e. The molecule has 1 aromatic carbocycles. The van der Waals surface area contributed by atoms with Crippen molar-refractivity contribution < 1.29 is 0 Å². The lowest BCUT2D eigenvalue weighted by atomic mass is 9.91. The molecule has 0 nitrogen and oxygen atoms in total. The van der Waals surface area contributed by atoms with Crippen LogP contribution in [0.25, 0.3) is 0 Å². The van der Waals surface area contributed by atoms with E-state index in [0.29, 0.717) is 0 Å². The van der Waals surface area contributed by atoms with E-state index in [4.69, 9.17) is 0 Å². The molecule has 1 aromatic rings. The largest absolute Gasteiger partial charge is 0.0985 e. The van der Waals surface area contributed by atoms with E-state index in [-0.39, 0.29) is 0 Å². The van der Waals surface area contributed by atoms with Gasteiger partial charge in [0.15, 0.2) is 0 Å². The summed E-state index contributed by atoms with van der Waals surface area (Å²) in [6, 6.07) is 6.91.